The zero-order valence-electron chi connectivity index (χ0n) is 11.6. The van der Waals surface area contributed by atoms with Crippen molar-refractivity contribution in [3.8, 4) is 28.7 Å². The summed E-state index contributed by atoms with van der Waals surface area (Å²) in [5, 5.41) is 37.9. The molecule has 0 aliphatic carbocycles. The molecular weight excluding hydrogens is 288 g/mol. The molecule has 0 saturated carbocycles. The summed E-state index contributed by atoms with van der Waals surface area (Å²) in [6, 6.07) is 6.37. The van der Waals surface area contributed by atoms with E-state index < -0.39 is 11.5 Å². The Morgan fingerprint density at radius 2 is 1.77 bits per heavy atom. The number of carbonyl (C=O) groups excluding carboxylic acids is 1. The van der Waals surface area contributed by atoms with Crippen molar-refractivity contribution in [2.75, 3.05) is 7.11 Å². The van der Waals surface area contributed by atoms with E-state index in [1.54, 1.807) is 0 Å². The Kier molecular flexibility index (Phi) is 4.22. The highest BCUT2D eigenvalue weighted by atomic mass is 16.5. The predicted octanol–water partition coefficient (Wildman–Crippen LogP) is 2.41. The first-order valence-corrected chi connectivity index (χ1v) is 6.27. The Bertz CT molecular complexity index is 749. The zero-order chi connectivity index (χ0) is 16.3. The molecule has 6 heteroatoms. The number of phenolic OH excluding ortho intramolecular Hbond substituents is 4. The predicted molar refractivity (Wildman–Crippen MR) is 79.5 cm³/mol. The second-order valence-corrected chi connectivity index (χ2v) is 4.45. The first-order valence-electron chi connectivity index (χ1n) is 6.27. The van der Waals surface area contributed by atoms with Crippen LogP contribution in [0.15, 0.2) is 36.4 Å². The number of hydrogen-bond acceptors (Lipinski definition) is 6. The van der Waals surface area contributed by atoms with Crippen molar-refractivity contribution in [2.45, 2.75) is 0 Å². The highest BCUT2D eigenvalue weighted by molar-refractivity contribution is 6.08. The van der Waals surface area contributed by atoms with Crippen LogP contribution in [0.2, 0.25) is 0 Å². The molecule has 0 aliphatic rings. The summed E-state index contributed by atoms with van der Waals surface area (Å²) in [4.78, 5) is 12.0. The highest BCUT2D eigenvalue weighted by Crippen LogP contribution is 2.38. The fourth-order valence-corrected chi connectivity index (χ4v) is 1.91. The van der Waals surface area contributed by atoms with Crippen LogP contribution in [0.25, 0.3) is 6.08 Å². The molecule has 0 heterocycles. The molecule has 6 nitrogen and oxygen atoms in total. The van der Waals surface area contributed by atoms with Gasteiger partial charge in [-0.05, 0) is 36.4 Å². The van der Waals surface area contributed by atoms with Gasteiger partial charge in [0, 0.05) is 11.6 Å². The van der Waals surface area contributed by atoms with E-state index in [4.69, 9.17) is 4.74 Å². The third-order valence-corrected chi connectivity index (χ3v) is 3.01. The van der Waals surface area contributed by atoms with E-state index >= 15 is 0 Å². The maximum Gasteiger partial charge on any atom is 0.201 e. The number of carbonyl (C=O) groups is 1. The quantitative estimate of drug-likeness (QED) is 0.392. The second kappa shape index (κ2) is 6.09. The fourth-order valence-electron chi connectivity index (χ4n) is 1.91. The minimum Gasteiger partial charge on any atom is -0.508 e. The number of phenols is 4. The van der Waals surface area contributed by atoms with Crippen molar-refractivity contribution in [1.29, 1.82) is 0 Å². The molecule has 4 N–H and O–H groups in total. The summed E-state index contributed by atoms with van der Waals surface area (Å²) < 4.78 is 4.98. The molecule has 2 aromatic carbocycles. The van der Waals surface area contributed by atoms with E-state index in [0.717, 1.165) is 6.07 Å². The van der Waals surface area contributed by atoms with Crippen molar-refractivity contribution in [3.63, 3.8) is 0 Å². The standard InChI is InChI=1S/C16H14O6/c1-22-16-9(3-7-13(19)15(16)21)2-6-12(18)11-5-4-10(17)8-14(11)20/h2-8,17,19-21H,1H3/b6-2+. The van der Waals surface area contributed by atoms with Crippen LogP contribution >= 0.6 is 0 Å². The summed E-state index contributed by atoms with van der Waals surface area (Å²) in [7, 11) is 1.32. The summed E-state index contributed by atoms with van der Waals surface area (Å²) in [6.07, 6.45) is 2.56. The molecule has 0 spiro atoms. The van der Waals surface area contributed by atoms with Crippen LogP contribution in [0.3, 0.4) is 0 Å². The molecule has 2 aromatic rings. The third-order valence-electron chi connectivity index (χ3n) is 3.01. The van der Waals surface area contributed by atoms with Crippen molar-refractivity contribution in [1.82, 2.24) is 0 Å². The van der Waals surface area contributed by atoms with Gasteiger partial charge in [0.25, 0.3) is 0 Å². The fraction of sp³-hybridized carbons (Fsp3) is 0.0625. The summed E-state index contributed by atoms with van der Waals surface area (Å²) >= 11 is 0. The molecule has 0 saturated heterocycles. The van der Waals surface area contributed by atoms with Gasteiger partial charge in [-0.3, -0.25) is 4.79 Å². The molecule has 0 aromatic heterocycles. The van der Waals surface area contributed by atoms with Crippen LogP contribution < -0.4 is 4.74 Å². The largest absolute Gasteiger partial charge is 0.508 e. The van der Waals surface area contributed by atoms with E-state index in [1.165, 1.54) is 43.5 Å². The first kappa shape index (κ1) is 15.2. The van der Waals surface area contributed by atoms with E-state index in [1.807, 2.05) is 0 Å². The number of aromatic hydroxyl groups is 4. The number of ketones is 1. The molecule has 114 valence electrons. The third kappa shape index (κ3) is 2.95. The molecule has 2 rings (SSSR count). The summed E-state index contributed by atoms with van der Waals surface area (Å²) in [6.45, 7) is 0. The Morgan fingerprint density at radius 1 is 1.05 bits per heavy atom. The van der Waals surface area contributed by atoms with Gasteiger partial charge in [0.15, 0.2) is 17.3 Å². The number of ether oxygens (including phenoxy) is 1. The Balaban J connectivity index is 2.32. The SMILES string of the molecule is COc1c(/C=C/C(=O)c2ccc(O)cc2O)ccc(O)c1O. The van der Waals surface area contributed by atoms with Gasteiger partial charge in [-0.25, -0.2) is 0 Å². The Labute approximate surface area is 126 Å². The van der Waals surface area contributed by atoms with Crippen LogP contribution in [-0.4, -0.2) is 33.3 Å². The van der Waals surface area contributed by atoms with Gasteiger partial charge in [0.2, 0.25) is 5.75 Å². The molecule has 0 radical (unpaired) electrons. The van der Waals surface area contributed by atoms with Crippen molar-refractivity contribution < 1.29 is 30.0 Å². The lowest BCUT2D eigenvalue weighted by atomic mass is 10.1. The van der Waals surface area contributed by atoms with E-state index in [2.05, 4.69) is 0 Å². The molecule has 0 atom stereocenters. The molecular formula is C16H14O6. The topological polar surface area (TPSA) is 107 Å². The van der Waals surface area contributed by atoms with E-state index in [0.29, 0.717) is 5.56 Å². The summed E-state index contributed by atoms with van der Waals surface area (Å²) in [5.74, 6) is -1.72. The number of rotatable bonds is 4. The maximum atomic E-state index is 12.0. The lowest BCUT2D eigenvalue weighted by molar-refractivity contribution is 0.104. The van der Waals surface area contributed by atoms with E-state index in [-0.39, 0.29) is 28.6 Å². The number of methoxy groups -OCH3 is 1. The van der Waals surface area contributed by atoms with Gasteiger partial charge in [-0.2, -0.15) is 0 Å². The van der Waals surface area contributed by atoms with Crippen LogP contribution in [-0.2, 0) is 0 Å². The van der Waals surface area contributed by atoms with Crippen LogP contribution in [0, 0.1) is 0 Å². The lowest BCUT2D eigenvalue weighted by Crippen LogP contribution is -1.95. The number of hydrogen-bond donors (Lipinski definition) is 4. The van der Waals surface area contributed by atoms with Crippen molar-refractivity contribution in [3.05, 3.63) is 47.5 Å². The van der Waals surface area contributed by atoms with Crippen molar-refractivity contribution in [2.24, 2.45) is 0 Å². The number of benzene rings is 2. The van der Waals surface area contributed by atoms with Crippen LogP contribution in [0.1, 0.15) is 15.9 Å². The van der Waals surface area contributed by atoms with Gasteiger partial charge in [0.1, 0.15) is 11.5 Å². The zero-order valence-corrected chi connectivity index (χ0v) is 11.6. The van der Waals surface area contributed by atoms with Crippen LogP contribution in [0.5, 0.6) is 28.7 Å². The molecule has 0 bridgehead atoms. The van der Waals surface area contributed by atoms with Gasteiger partial charge in [-0.1, -0.05) is 0 Å². The minimum absolute atomic E-state index is 0.0241. The van der Waals surface area contributed by atoms with Crippen LogP contribution in [0.4, 0.5) is 0 Å². The van der Waals surface area contributed by atoms with Crippen molar-refractivity contribution >= 4 is 11.9 Å². The maximum absolute atomic E-state index is 12.0. The van der Waals surface area contributed by atoms with E-state index in [9.17, 15) is 25.2 Å². The lowest BCUT2D eigenvalue weighted by Gasteiger charge is -2.08. The second-order valence-electron chi connectivity index (χ2n) is 4.45. The highest BCUT2D eigenvalue weighted by Gasteiger charge is 2.12. The molecule has 22 heavy (non-hydrogen) atoms. The average Bonchev–Trinajstić information content (AvgIpc) is 2.48. The van der Waals surface area contributed by atoms with Gasteiger partial charge in [0.05, 0.1) is 12.7 Å². The smallest absolute Gasteiger partial charge is 0.201 e. The van der Waals surface area contributed by atoms with Gasteiger partial charge in [-0.15, -0.1) is 0 Å². The normalized spacial score (nSPS) is 10.8. The molecule has 0 unspecified atom stereocenters. The Hall–Kier alpha value is -3.15. The molecule has 0 amide bonds. The Morgan fingerprint density at radius 3 is 2.41 bits per heavy atom. The summed E-state index contributed by atoms with van der Waals surface area (Å²) in [5.41, 5.74) is 0.403. The van der Waals surface area contributed by atoms with Gasteiger partial charge < -0.3 is 25.2 Å². The average molecular weight is 302 g/mol. The minimum atomic E-state index is -0.493. The molecule has 0 aliphatic heterocycles. The van der Waals surface area contributed by atoms with Gasteiger partial charge >= 0.3 is 0 Å². The first-order chi connectivity index (χ1) is 10.4. The molecule has 0 fully saturated rings. The number of allylic oxidation sites excluding steroid dienone is 1. The monoisotopic (exact) mass is 302 g/mol.